The van der Waals surface area contributed by atoms with Crippen LogP contribution in [0.2, 0.25) is 0 Å². The van der Waals surface area contributed by atoms with Gasteiger partial charge < -0.3 is 20.5 Å². The third kappa shape index (κ3) is 3.53. The number of fused-ring (bicyclic) bond motifs is 1. The van der Waals surface area contributed by atoms with Gasteiger partial charge in [-0.15, -0.1) is 10.2 Å². The number of nitrogens with zero attached hydrogens (tertiary/aromatic N) is 2. The molecular weight excluding hydrogens is 316 g/mol. The summed E-state index contributed by atoms with van der Waals surface area (Å²) in [5.41, 5.74) is 6.52. The molecule has 1 aliphatic heterocycles. The summed E-state index contributed by atoms with van der Waals surface area (Å²) in [4.78, 5) is 12.3. The van der Waals surface area contributed by atoms with Crippen LogP contribution in [0.5, 0.6) is 11.5 Å². The van der Waals surface area contributed by atoms with Crippen molar-refractivity contribution in [2.24, 2.45) is 5.92 Å². The summed E-state index contributed by atoms with van der Waals surface area (Å²) in [6.45, 7) is 0.861. The first-order valence-electron chi connectivity index (χ1n) is 7.31. The lowest BCUT2D eigenvalue weighted by molar-refractivity contribution is -0.126. The molecule has 8 heteroatoms. The molecular formula is C15H18N4O3S. The lowest BCUT2D eigenvalue weighted by Crippen LogP contribution is -2.38. The third-order valence-electron chi connectivity index (χ3n) is 3.67. The van der Waals surface area contributed by atoms with Gasteiger partial charge in [-0.2, -0.15) is 0 Å². The Morgan fingerprint density at radius 3 is 3.13 bits per heavy atom. The van der Waals surface area contributed by atoms with Gasteiger partial charge in [-0.05, 0) is 18.1 Å². The number of rotatable bonds is 5. The van der Waals surface area contributed by atoms with E-state index in [9.17, 15) is 4.79 Å². The van der Waals surface area contributed by atoms with E-state index in [1.165, 1.54) is 11.3 Å². The molecule has 0 saturated carbocycles. The number of ether oxygens (including phenoxy) is 2. The highest BCUT2D eigenvalue weighted by Gasteiger charge is 2.27. The van der Waals surface area contributed by atoms with Crippen LogP contribution in [-0.2, 0) is 17.6 Å². The van der Waals surface area contributed by atoms with Gasteiger partial charge in [-0.25, -0.2) is 0 Å². The molecule has 0 aliphatic carbocycles. The normalized spacial score (nSPS) is 16.3. The van der Waals surface area contributed by atoms with Crippen LogP contribution in [0.25, 0.3) is 0 Å². The average molecular weight is 334 g/mol. The fourth-order valence-electron chi connectivity index (χ4n) is 2.53. The summed E-state index contributed by atoms with van der Waals surface area (Å²) in [7, 11) is 1.61. The van der Waals surface area contributed by atoms with Crippen LogP contribution in [0.3, 0.4) is 0 Å². The molecule has 3 rings (SSSR count). The highest BCUT2D eigenvalue weighted by atomic mass is 32.1. The summed E-state index contributed by atoms with van der Waals surface area (Å²) >= 11 is 1.34. The summed E-state index contributed by atoms with van der Waals surface area (Å²) in [6.07, 6.45) is 1.27. The Balaban J connectivity index is 1.54. The van der Waals surface area contributed by atoms with Crippen molar-refractivity contribution in [3.8, 4) is 11.5 Å². The topological polar surface area (TPSA) is 99.4 Å². The van der Waals surface area contributed by atoms with Gasteiger partial charge in [-0.3, -0.25) is 4.79 Å². The number of anilines is 1. The Morgan fingerprint density at radius 1 is 1.52 bits per heavy atom. The van der Waals surface area contributed by atoms with Crippen LogP contribution in [0.15, 0.2) is 18.2 Å². The van der Waals surface area contributed by atoms with Crippen molar-refractivity contribution in [1.82, 2.24) is 15.5 Å². The summed E-state index contributed by atoms with van der Waals surface area (Å²) < 4.78 is 11.0. The second kappa shape index (κ2) is 6.82. The number of amides is 1. The van der Waals surface area contributed by atoms with E-state index in [0.717, 1.165) is 16.3 Å². The average Bonchev–Trinajstić information content (AvgIpc) is 2.99. The van der Waals surface area contributed by atoms with Crippen molar-refractivity contribution in [3.05, 3.63) is 28.8 Å². The molecule has 2 aromatic rings. The Labute approximate surface area is 137 Å². The SMILES string of the molecule is COc1cccc2c1OCC(C(=O)NCCc1nnc(N)s1)C2. The van der Waals surface area contributed by atoms with Gasteiger partial charge in [0, 0.05) is 13.0 Å². The number of hydrogen-bond acceptors (Lipinski definition) is 7. The fraction of sp³-hybridized carbons (Fsp3) is 0.400. The van der Waals surface area contributed by atoms with Crippen molar-refractivity contribution >= 4 is 22.4 Å². The first-order chi connectivity index (χ1) is 11.2. The molecule has 7 nitrogen and oxygen atoms in total. The van der Waals surface area contributed by atoms with E-state index in [2.05, 4.69) is 15.5 Å². The van der Waals surface area contributed by atoms with Crippen molar-refractivity contribution in [3.63, 3.8) is 0 Å². The zero-order chi connectivity index (χ0) is 16.2. The van der Waals surface area contributed by atoms with Crippen LogP contribution < -0.4 is 20.5 Å². The van der Waals surface area contributed by atoms with Crippen LogP contribution >= 0.6 is 11.3 Å². The molecule has 0 saturated heterocycles. The molecule has 23 heavy (non-hydrogen) atoms. The minimum absolute atomic E-state index is 0.0176. The first kappa shape index (κ1) is 15.5. The van der Waals surface area contributed by atoms with Crippen LogP contribution in [0.1, 0.15) is 10.6 Å². The zero-order valence-corrected chi connectivity index (χ0v) is 13.6. The van der Waals surface area contributed by atoms with E-state index in [1.807, 2.05) is 18.2 Å². The van der Waals surface area contributed by atoms with Crippen molar-refractivity contribution < 1.29 is 14.3 Å². The summed E-state index contributed by atoms with van der Waals surface area (Å²) in [5.74, 6) is 1.23. The maximum Gasteiger partial charge on any atom is 0.226 e. The second-order valence-electron chi connectivity index (χ2n) is 5.24. The Morgan fingerprint density at radius 2 is 2.39 bits per heavy atom. The first-order valence-corrected chi connectivity index (χ1v) is 8.13. The number of hydrogen-bond donors (Lipinski definition) is 2. The second-order valence-corrected chi connectivity index (χ2v) is 6.33. The number of benzene rings is 1. The molecule has 1 aromatic carbocycles. The van der Waals surface area contributed by atoms with Crippen molar-refractivity contribution in [2.45, 2.75) is 12.8 Å². The third-order valence-corrected chi connectivity index (χ3v) is 4.48. The monoisotopic (exact) mass is 334 g/mol. The largest absolute Gasteiger partial charge is 0.493 e. The summed E-state index contributed by atoms with van der Waals surface area (Å²) in [5, 5.41) is 11.9. The maximum atomic E-state index is 12.3. The molecule has 3 N–H and O–H groups in total. The fourth-order valence-corrected chi connectivity index (χ4v) is 3.14. The standard InChI is InChI=1S/C15H18N4O3S/c1-21-11-4-2-3-9-7-10(8-22-13(9)11)14(20)17-6-5-12-18-19-15(16)23-12/h2-4,10H,5-8H2,1H3,(H2,16,19)(H,17,20). The highest BCUT2D eigenvalue weighted by Crippen LogP contribution is 2.35. The highest BCUT2D eigenvalue weighted by molar-refractivity contribution is 7.15. The molecule has 1 amide bonds. The van der Waals surface area contributed by atoms with Gasteiger partial charge in [0.25, 0.3) is 0 Å². The van der Waals surface area contributed by atoms with E-state index in [1.54, 1.807) is 7.11 Å². The molecule has 0 radical (unpaired) electrons. The van der Waals surface area contributed by atoms with E-state index in [4.69, 9.17) is 15.2 Å². The predicted octanol–water partition coefficient (Wildman–Crippen LogP) is 1.04. The van der Waals surface area contributed by atoms with Crippen LogP contribution in [-0.4, -0.2) is 36.4 Å². The van der Waals surface area contributed by atoms with Gasteiger partial charge in [0.1, 0.15) is 11.6 Å². The van der Waals surface area contributed by atoms with Gasteiger partial charge in [0.05, 0.1) is 13.0 Å². The molecule has 122 valence electrons. The smallest absolute Gasteiger partial charge is 0.226 e. The van der Waals surface area contributed by atoms with Gasteiger partial charge in [0.15, 0.2) is 11.5 Å². The van der Waals surface area contributed by atoms with Crippen molar-refractivity contribution in [1.29, 1.82) is 0 Å². The van der Waals surface area contributed by atoms with E-state index >= 15 is 0 Å². The number of para-hydroxylation sites is 1. The van der Waals surface area contributed by atoms with Gasteiger partial charge in [0.2, 0.25) is 11.0 Å². The number of nitrogens with one attached hydrogen (secondary N) is 1. The maximum absolute atomic E-state index is 12.3. The van der Waals surface area contributed by atoms with Gasteiger partial charge in [-0.1, -0.05) is 23.5 Å². The predicted molar refractivity (Wildman–Crippen MR) is 86.7 cm³/mol. The van der Waals surface area contributed by atoms with Crippen molar-refractivity contribution in [2.75, 3.05) is 26.0 Å². The van der Waals surface area contributed by atoms with Crippen LogP contribution in [0.4, 0.5) is 5.13 Å². The van der Waals surface area contributed by atoms with E-state index in [0.29, 0.717) is 36.9 Å². The lowest BCUT2D eigenvalue weighted by Gasteiger charge is -2.25. The Bertz CT molecular complexity index is 704. The lowest BCUT2D eigenvalue weighted by atomic mass is 9.95. The molecule has 1 aromatic heterocycles. The molecule has 1 unspecified atom stereocenters. The number of methoxy groups -OCH3 is 1. The minimum Gasteiger partial charge on any atom is -0.493 e. The molecule has 1 aliphatic rings. The molecule has 0 bridgehead atoms. The van der Waals surface area contributed by atoms with E-state index < -0.39 is 0 Å². The van der Waals surface area contributed by atoms with E-state index in [-0.39, 0.29) is 11.8 Å². The van der Waals surface area contributed by atoms with Crippen LogP contribution in [0, 0.1) is 5.92 Å². The summed E-state index contributed by atoms with van der Waals surface area (Å²) in [6, 6.07) is 5.72. The number of nitrogens with two attached hydrogens (primary N) is 1. The van der Waals surface area contributed by atoms with Gasteiger partial charge >= 0.3 is 0 Å². The minimum atomic E-state index is -0.200. The number of carbonyl (C=O) groups is 1. The number of carbonyl (C=O) groups excluding carboxylic acids is 1. The number of nitrogen functional groups attached to an aromatic ring is 1. The Hall–Kier alpha value is -2.35. The quantitative estimate of drug-likeness (QED) is 0.847. The molecule has 0 spiro atoms. The Kier molecular flexibility index (Phi) is 4.61. The molecule has 1 atom stereocenters. The molecule has 0 fully saturated rings. The molecule has 2 heterocycles. The number of aromatic nitrogens is 2. The zero-order valence-electron chi connectivity index (χ0n) is 12.7.